The molecular formula is C20H28N2OS. The minimum Gasteiger partial charge on any atom is -0.352 e. The van der Waals surface area contributed by atoms with Gasteiger partial charge in [-0.2, -0.15) is 0 Å². The van der Waals surface area contributed by atoms with Crippen molar-refractivity contribution in [1.82, 2.24) is 5.32 Å². The molecule has 0 heterocycles. The van der Waals surface area contributed by atoms with Gasteiger partial charge in [0.05, 0.1) is 5.75 Å². The molecule has 2 fully saturated rings. The lowest BCUT2D eigenvalue weighted by Gasteiger charge is -2.45. The number of nitrogens with one attached hydrogen (secondary N) is 1. The van der Waals surface area contributed by atoms with Crippen LogP contribution in [0.15, 0.2) is 23.1 Å². The molecule has 0 saturated heterocycles. The van der Waals surface area contributed by atoms with Crippen molar-refractivity contribution in [3.63, 3.8) is 0 Å². The van der Waals surface area contributed by atoms with E-state index in [1.807, 2.05) is 0 Å². The predicted molar refractivity (Wildman–Crippen MR) is 99.2 cm³/mol. The van der Waals surface area contributed by atoms with Gasteiger partial charge >= 0.3 is 0 Å². The lowest BCUT2D eigenvalue weighted by molar-refractivity contribution is -0.120. The highest BCUT2D eigenvalue weighted by Crippen LogP contribution is 2.39. The maximum Gasteiger partial charge on any atom is 0.230 e. The second-order valence-corrected chi connectivity index (χ2v) is 8.90. The summed E-state index contributed by atoms with van der Waals surface area (Å²) in [5.74, 6) is 1.92. The fraction of sp³-hybridized carbons (Fsp3) is 0.650. The molecular weight excluding hydrogens is 316 g/mol. The fourth-order valence-corrected chi connectivity index (χ4v) is 5.81. The molecule has 1 aromatic rings. The number of carbonyl (C=O) groups excluding carboxylic acids is 1. The van der Waals surface area contributed by atoms with E-state index in [-0.39, 0.29) is 5.91 Å². The second-order valence-electron chi connectivity index (χ2n) is 7.85. The first-order chi connectivity index (χ1) is 11.7. The first-order valence-electron chi connectivity index (χ1n) is 9.48. The van der Waals surface area contributed by atoms with Crippen LogP contribution in [-0.2, 0) is 17.6 Å². The zero-order valence-corrected chi connectivity index (χ0v) is 15.1. The van der Waals surface area contributed by atoms with E-state index in [1.54, 1.807) is 11.8 Å². The lowest BCUT2D eigenvalue weighted by Crippen LogP contribution is -2.54. The molecule has 2 atom stereocenters. The molecule has 130 valence electrons. The quantitative estimate of drug-likeness (QED) is 0.824. The monoisotopic (exact) mass is 344 g/mol. The van der Waals surface area contributed by atoms with Gasteiger partial charge in [-0.25, -0.2) is 0 Å². The Balaban J connectivity index is 1.32. The van der Waals surface area contributed by atoms with E-state index in [9.17, 15) is 4.79 Å². The molecule has 0 aromatic heterocycles. The van der Waals surface area contributed by atoms with Crippen LogP contribution in [0, 0.1) is 11.8 Å². The summed E-state index contributed by atoms with van der Waals surface area (Å²) in [5, 5.41) is 3.35. The van der Waals surface area contributed by atoms with Gasteiger partial charge in [0.25, 0.3) is 0 Å². The molecule has 0 aliphatic heterocycles. The molecule has 3 nitrogen and oxygen atoms in total. The average Bonchev–Trinajstić information content (AvgIpc) is 3.01. The van der Waals surface area contributed by atoms with Crippen molar-refractivity contribution in [2.24, 2.45) is 17.6 Å². The first-order valence-corrected chi connectivity index (χ1v) is 10.5. The standard InChI is InChI=1S/C20H28N2OS/c21-17-9-15-5-2-6-16(10-17)20(15)22-19(23)12-24-18-8-7-13-3-1-4-14(13)11-18/h7-8,11,15-17,20H,1-6,9-10,12,21H2,(H,22,23). The number of aryl methyl sites for hydroxylation is 2. The van der Waals surface area contributed by atoms with Crippen molar-refractivity contribution in [3.05, 3.63) is 29.3 Å². The summed E-state index contributed by atoms with van der Waals surface area (Å²) >= 11 is 1.68. The second kappa shape index (κ2) is 7.09. The van der Waals surface area contributed by atoms with Gasteiger partial charge in [0, 0.05) is 17.0 Å². The number of hydrogen-bond acceptors (Lipinski definition) is 3. The maximum absolute atomic E-state index is 12.5. The topological polar surface area (TPSA) is 55.1 Å². The Kier molecular flexibility index (Phi) is 4.86. The van der Waals surface area contributed by atoms with Crippen LogP contribution in [0.25, 0.3) is 0 Å². The third kappa shape index (κ3) is 3.50. The van der Waals surface area contributed by atoms with Gasteiger partial charge in [-0.3, -0.25) is 4.79 Å². The summed E-state index contributed by atoms with van der Waals surface area (Å²) in [6.45, 7) is 0. The Morgan fingerprint density at radius 1 is 1.12 bits per heavy atom. The summed E-state index contributed by atoms with van der Waals surface area (Å²) in [5.41, 5.74) is 9.16. The van der Waals surface area contributed by atoms with Gasteiger partial charge in [-0.1, -0.05) is 12.5 Å². The maximum atomic E-state index is 12.5. The van der Waals surface area contributed by atoms with E-state index in [1.165, 1.54) is 54.5 Å². The molecule has 2 unspecified atom stereocenters. The van der Waals surface area contributed by atoms with Gasteiger partial charge in [-0.05, 0) is 80.0 Å². The van der Waals surface area contributed by atoms with Gasteiger partial charge in [0.2, 0.25) is 5.91 Å². The van der Waals surface area contributed by atoms with E-state index in [2.05, 4.69) is 23.5 Å². The zero-order chi connectivity index (χ0) is 16.5. The minimum absolute atomic E-state index is 0.192. The predicted octanol–water partition coefficient (Wildman–Crippen LogP) is 3.29. The van der Waals surface area contributed by atoms with Gasteiger partial charge in [0.1, 0.15) is 0 Å². The largest absolute Gasteiger partial charge is 0.352 e. The number of fused-ring (bicyclic) bond motifs is 3. The number of thioether (sulfide) groups is 1. The summed E-state index contributed by atoms with van der Waals surface area (Å²) in [4.78, 5) is 13.7. The molecule has 3 N–H and O–H groups in total. The summed E-state index contributed by atoms with van der Waals surface area (Å²) < 4.78 is 0. The lowest BCUT2D eigenvalue weighted by atomic mass is 9.67. The molecule has 1 aromatic carbocycles. The Labute approximate surface area is 149 Å². The van der Waals surface area contributed by atoms with Crippen molar-refractivity contribution < 1.29 is 4.79 Å². The molecule has 4 rings (SSSR count). The minimum atomic E-state index is 0.192. The van der Waals surface area contributed by atoms with Gasteiger partial charge in [-0.15, -0.1) is 11.8 Å². The number of carbonyl (C=O) groups is 1. The molecule has 24 heavy (non-hydrogen) atoms. The Morgan fingerprint density at radius 3 is 2.67 bits per heavy atom. The molecule has 3 aliphatic rings. The fourth-order valence-electron chi connectivity index (χ4n) is 5.04. The third-order valence-corrected chi connectivity index (χ3v) is 7.14. The SMILES string of the molecule is NC1CC2CCCC(C1)C2NC(=O)CSc1ccc2c(c1)CCC2. The molecule has 2 saturated carbocycles. The summed E-state index contributed by atoms with van der Waals surface area (Å²) in [7, 11) is 0. The number of rotatable bonds is 4. The zero-order valence-electron chi connectivity index (χ0n) is 14.3. The van der Waals surface area contributed by atoms with Crippen LogP contribution in [-0.4, -0.2) is 23.7 Å². The van der Waals surface area contributed by atoms with E-state index in [0.717, 1.165) is 12.8 Å². The van der Waals surface area contributed by atoms with Crippen LogP contribution < -0.4 is 11.1 Å². The van der Waals surface area contributed by atoms with E-state index in [0.29, 0.717) is 29.7 Å². The highest BCUT2D eigenvalue weighted by molar-refractivity contribution is 8.00. The number of benzene rings is 1. The summed E-state index contributed by atoms with van der Waals surface area (Å²) in [6, 6.07) is 7.42. The van der Waals surface area contributed by atoms with Crippen LogP contribution in [0.2, 0.25) is 0 Å². The summed E-state index contributed by atoms with van der Waals surface area (Å²) in [6.07, 6.45) is 9.61. The highest BCUT2D eigenvalue weighted by Gasteiger charge is 2.39. The third-order valence-electron chi connectivity index (χ3n) is 6.14. The molecule has 0 radical (unpaired) electrons. The van der Waals surface area contributed by atoms with Crippen molar-refractivity contribution in [1.29, 1.82) is 0 Å². The number of hydrogen-bond donors (Lipinski definition) is 2. The number of nitrogens with two attached hydrogens (primary N) is 1. The van der Waals surface area contributed by atoms with Crippen molar-refractivity contribution in [3.8, 4) is 0 Å². The van der Waals surface area contributed by atoms with E-state index < -0.39 is 0 Å². The number of amides is 1. The van der Waals surface area contributed by atoms with Crippen molar-refractivity contribution in [2.45, 2.75) is 68.3 Å². The molecule has 0 spiro atoms. The van der Waals surface area contributed by atoms with E-state index in [4.69, 9.17) is 5.73 Å². The molecule has 2 bridgehead atoms. The average molecular weight is 345 g/mol. The molecule has 4 heteroatoms. The Hall–Kier alpha value is -1.00. The Morgan fingerprint density at radius 2 is 1.88 bits per heavy atom. The van der Waals surface area contributed by atoms with Crippen LogP contribution in [0.5, 0.6) is 0 Å². The Bertz CT molecular complexity index is 604. The smallest absolute Gasteiger partial charge is 0.230 e. The van der Waals surface area contributed by atoms with Crippen LogP contribution in [0.4, 0.5) is 0 Å². The highest BCUT2D eigenvalue weighted by atomic mass is 32.2. The first kappa shape index (κ1) is 16.5. The van der Waals surface area contributed by atoms with E-state index >= 15 is 0 Å². The van der Waals surface area contributed by atoms with Crippen LogP contribution in [0.1, 0.15) is 49.7 Å². The van der Waals surface area contributed by atoms with Crippen LogP contribution >= 0.6 is 11.8 Å². The van der Waals surface area contributed by atoms with Crippen molar-refractivity contribution >= 4 is 17.7 Å². The molecule has 1 amide bonds. The van der Waals surface area contributed by atoms with Crippen LogP contribution in [0.3, 0.4) is 0 Å². The van der Waals surface area contributed by atoms with Gasteiger partial charge in [0.15, 0.2) is 0 Å². The normalized spacial score (nSPS) is 31.5. The molecule has 3 aliphatic carbocycles. The van der Waals surface area contributed by atoms with Gasteiger partial charge < -0.3 is 11.1 Å². The van der Waals surface area contributed by atoms with Crippen molar-refractivity contribution in [2.75, 3.05) is 5.75 Å².